The van der Waals surface area contributed by atoms with Gasteiger partial charge >= 0.3 is 0 Å². The highest BCUT2D eigenvalue weighted by molar-refractivity contribution is 6.10. The second-order valence-electron chi connectivity index (χ2n) is 6.01. The van der Waals surface area contributed by atoms with Crippen molar-refractivity contribution >= 4 is 29.2 Å². The van der Waals surface area contributed by atoms with Gasteiger partial charge in [0.15, 0.2) is 0 Å². The molecule has 0 radical (unpaired) electrons. The molecule has 6 heteroatoms. The summed E-state index contributed by atoms with van der Waals surface area (Å²) in [5.41, 5.74) is 1.22. The quantitative estimate of drug-likeness (QED) is 0.843. The van der Waals surface area contributed by atoms with Crippen molar-refractivity contribution in [1.82, 2.24) is 0 Å². The number of hydrogen-bond acceptors (Lipinski definition) is 4. The van der Waals surface area contributed by atoms with Gasteiger partial charge in [0.05, 0.1) is 17.2 Å². The van der Waals surface area contributed by atoms with E-state index in [1.807, 2.05) is 13.8 Å². The van der Waals surface area contributed by atoms with Gasteiger partial charge in [0.25, 0.3) is 5.91 Å². The predicted octanol–water partition coefficient (Wildman–Crippen LogP) is 2.29. The van der Waals surface area contributed by atoms with Gasteiger partial charge in [0.2, 0.25) is 5.91 Å². The molecule has 0 saturated carbocycles. The molecule has 25 heavy (non-hydrogen) atoms. The Morgan fingerprint density at radius 1 is 0.960 bits per heavy atom. The smallest absolute Gasteiger partial charge is 0.257 e. The normalized spacial score (nSPS) is 10.4. The summed E-state index contributed by atoms with van der Waals surface area (Å²) >= 11 is 0. The van der Waals surface area contributed by atoms with Crippen LogP contribution >= 0.6 is 0 Å². The molecule has 2 N–H and O–H groups in total. The number of hydrogen-bond donors (Lipinski definition) is 2. The van der Waals surface area contributed by atoms with E-state index in [-0.39, 0.29) is 17.4 Å². The molecule has 0 spiro atoms. The van der Waals surface area contributed by atoms with Crippen LogP contribution in [0, 0.1) is 5.92 Å². The van der Waals surface area contributed by atoms with Crippen molar-refractivity contribution in [3.05, 3.63) is 59.7 Å². The zero-order valence-corrected chi connectivity index (χ0v) is 14.0. The standard InChI is InChI=1S/C19H20N2O4/c1-12(2)11-17(22)21-16-6-4-3-5-15(16)18(23)20-14-9-7-13(8-10-14)19(24)25/h3-10,12H,11H2,1-2H3,(H,20,23)(H,21,22)(H,24,25)/p-1. The Hall–Kier alpha value is -3.15. The Bertz CT molecular complexity index is 782. The summed E-state index contributed by atoms with van der Waals surface area (Å²) in [5, 5.41) is 16.2. The van der Waals surface area contributed by atoms with E-state index in [1.54, 1.807) is 24.3 Å². The average Bonchev–Trinajstić information content (AvgIpc) is 2.55. The Balaban J connectivity index is 2.13. The lowest BCUT2D eigenvalue weighted by Crippen LogP contribution is -2.22. The molecule has 0 aliphatic rings. The number of carbonyl (C=O) groups excluding carboxylic acids is 3. The SMILES string of the molecule is CC(C)CC(=O)Nc1ccccc1C(=O)Nc1ccc(C(=O)[O-])cc1. The molecule has 0 aromatic heterocycles. The van der Waals surface area contributed by atoms with Crippen molar-refractivity contribution < 1.29 is 19.5 Å². The molecule has 0 heterocycles. The van der Waals surface area contributed by atoms with E-state index in [2.05, 4.69) is 10.6 Å². The van der Waals surface area contributed by atoms with Crippen LogP contribution in [-0.2, 0) is 4.79 Å². The summed E-state index contributed by atoms with van der Waals surface area (Å²) in [7, 11) is 0. The molecule has 130 valence electrons. The van der Waals surface area contributed by atoms with Gasteiger partial charge in [-0.05, 0) is 35.7 Å². The number of carboxylic acids is 1. The number of aromatic carboxylic acids is 1. The minimum atomic E-state index is -1.28. The minimum Gasteiger partial charge on any atom is -0.545 e. The largest absolute Gasteiger partial charge is 0.545 e. The summed E-state index contributed by atoms with van der Waals surface area (Å²) in [5.74, 6) is -1.63. The lowest BCUT2D eigenvalue weighted by Gasteiger charge is -2.12. The first-order chi connectivity index (χ1) is 11.9. The second kappa shape index (κ2) is 8.10. The van der Waals surface area contributed by atoms with E-state index >= 15 is 0 Å². The van der Waals surface area contributed by atoms with Gasteiger partial charge in [-0.15, -0.1) is 0 Å². The number of nitrogens with one attached hydrogen (secondary N) is 2. The van der Waals surface area contributed by atoms with E-state index in [4.69, 9.17) is 0 Å². The summed E-state index contributed by atoms with van der Waals surface area (Å²) in [6.07, 6.45) is 0.362. The van der Waals surface area contributed by atoms with Crippen molar-refractivity contribution in [3.63, 3.8) is 0 Å². The highest BCUT2D eigenvalue weighted by Crippen LogP contribution is 2.18. The van der Waals surface area contributed by atoms with Gasteiger partial charge in [0.1, 0.15) is 0 Å². The maximum atomic E-state index is 12.5. The summed E-state index contributed by atoms with van der Waals surface area (Å²) < 4.78 is 0. The zero-order valence-electron chi connectivity index (χ0n) is 14.0. The lowest BCUT2D eigenvalue weighted by atomic mass is 10.1. The first-order valence-electron chi connectivity index (χ1n) is 7.88. The Morgan fingerprint density at radius 3 is 2.20 bits per heavy atom. The van der Waals surface area contributed by atoms with Gasteiger partial charge in [-0.3, -0.25) is 9.59 Å². The summed E-state index contributed by atoms with van der Waals surface area (Å²) in [4.78, 5) is 35.2. The van der Waals surface area contributed by atoms with E-state index in [0.717, 1.165) is 0 Å². The molecule has 0 bridgehead atoms. The average molecular weight is 339 g/mol. The molecule has 6 nitrogen and oxygen atoms in total. The third-order valence-electron chi connectivity index (χ3n) is 3.42. The monoisotopic (exact) mass is 339 g/mol. The number of carboxylic acid groups (broad SMARTS) is 1. The van der Waals surface area contributed by atoms with E-state index in [0.29, 0.717) is 23.4 Å². The Morgan fingerprint density at radius 2 is 1.60 bits per heavy atom. The molecule has 2 rings (SSSR count). The molecular weight excluding hydrogens is 320 g/mol. The predicted molar refractivity (Wildman–Crippen MR) is 93.3 cm³/mol. The molecule has 0 fully saturated rings. The summed E-state index contributed by atoms with van der Waals surface area (Å²) in [6.45, 7) is 3.88. The fraction of sp³-hybridized carbons (Fsp3) is 0.211. The fourth-order valence-corrected chi connectivity index (χ4v) is 2.25. The minimum absolute atomic E-state index is 0.0272. The third kappa shape index (κ3) is 5.17. The van der Waals surface area contributed by atoms with Crippen LogP contribution in [0.1, 0.15) is 41.0 Å². The number of carbonyl (C=O) groups is 3. The van der Waals surface area contributed by atoms with Crippen LogP contribution in [0.3, 0.4) is 0 Å². The molecular formula is C19H19N2O4-. The number of rotatable bonds is 6. The van der Waals surface area contributed by atoms with Crippen molar-refractivity contribution in [1.29, 1.82) is 0 Å². The first-order valence-corrected chi connectivity index (χ1v) is 7.88. The highest BCUT2D eigenvalue weighted by atomic mass is 16.4. The third-order valence-corrected chi connectivity index (χ3v) is 3.42. The van der Waals surface area contributed by atoms with Crippen LogP contribution in [-0.4, -0.2) is 17.8 Å². The molecule has 0 aliphatic carbocycles. The van der Waals surface area contributed by atoms with E-state index in [9.17, 15) is 19.5 Å². The fourth-order valence-electron chi connectivity index (χ4n) is 2.25. The van der Waals surface area contributed by atoms with E-state index < -0.39 is 11.9 Å². The number of amides is 2. The highest BCUT2D eigenvalue weighted by Gasteiger charge is 2.14. The molecule has 2 aromatic carbocycles. The van der Waals surface area contributed by atoms with Crippen LogP contribution in [0.4, 0.5) is 11.4 Å². The van der Waals surface area contributed by atoms with Crippen LogP contribution in [0.25, 0.3) is 0 Å². The van der Waals surface area contributed by atoms with Gasteiger partial charge in [-0.2, -0.15) is 0 Å². The van der Waals surface area contributed by atoms with Crippen LogP contribution in [0.5, 0.6) is 0 Å². The molecule has 0 aliphatic heterocycles. The van der Waals surface area contributed by atoms with Crippen molar-refractivity contribution in [2.75, 3.05) is 10.6 Å². The van der Waals surface area contributed by atoms with Crippen LogP contribution in [0.15, 0.2) is 48.5 Å². The zero-order chi connectivity index (χ0) is 18.4. The molecule has 0 saturated heterocycles. The van der Waals surface area contributed by atoms with Gasteiger partial charge in [-0.25, -0.2) is 0 Å². The van der Waals surface area contributed by atoms with Crippen molar-refractivity contribution in [2.45, 2.75) is 20.3 Å². The van der Waals surface area contributed by atoms with Crippen LogP contribution < -0.4 is 15.7 Å². The lowest BCUT2D eigenvalue weighted by molar-refractivity contribution is -0.255. The van der Waals surface area contributed by atoms with Gasteiger partial charge < -0.3 is 20.5 Å². The van der Waals surface area contributed by atoms with Crippen molar-refractivity contribution in [2.24, 2.45) is 5.92 Å². The number of para-hydroxylation sites is 1. The summed E-state index contributed by atoms with van der Waals surface area (Å²) in [6, 6.07) is 12.3. The van der Waals surface area contributed by atoms with E-state index in [1.165, 1.54) is 24.3 Å². The maximum Gasteiger partial charge on any atom is 0.257 e. The van der Waals surface area contributed by atoms with Crippen molar-refractivity contribution in [3.8, 4) is 0 Å². The van der Waals surface area contributed by atoms with Gasteiger partial charge in [-0.1, -0.05) is 38.1 Å². The van der Waals surface area contributed by atoms with Gasteiger partial charge in [0, 0.05) is 12.1 Å². The molecule has 2 aromatic rings. The Kier molecular flexibility index (Phi) is 5.89. The number of benzene rings is 2. The molecule has 2 amide bonds. The molecule has 0 atom stereocenters. The number of anilines is 2. The topological polar surface area (TPSA) is 98.3 Å². The molecule has 0 unspecified atom stereocenters. The first kappa shape index (κ1) is 18.2. The second-order valence-corrected chi connectivity index (χ2v) is 6.01. The maximum absolute atomic E-state index is 12.5. The van der Waals surface area contributed by atoms with Crippen LogP contribution in [0.2, 0.25) is 0 Å². The Labute approximate surface area is 145 Å².